The second-order valence-electron chi connectivity index (χ2n) is 4.48. The van der Waals surface area contributed by atoms with Gasteiger partial charge in [-0.3, -0.25) is 4.79 Å². The van der Waals surface area contributed by atoms with Gasteiger partial charge in [0, 0.05) is 5.69 Å². The molecule has 0 heterocycles. The number of amides is 1. The summed E-state index contributed by atoms with van der Waals surface area (Å²) in [5.74, 6) is -0.120. The number of rotatable bonds is 5. The zero-order valence-corrected chi connectivity index (χ0v) is 11.9. The number of nitrogens with one attached hydrogen (secondary N) is 1. The SMILES string of the molecule is CCC(CC)(C(=O)Nc1cccc(C)c1)C(N)=S. The lowest BCUT2D eigenvalue weighted by molar-refractivity contribution is -0.122. The van der Waals surface area contributed by atoms with E-state index in [2.05, 4.69) is 5.32 Å². The first-order valence-electron chi connectivity index (χ1n) is 6.14. The largest absolute Gasteiger partial charge is 0.392 e. The molecule has 0 saturated carbocycles. The maximum Gasteiger partial charge on any atom is 0.237 e. The van der Waals surface area contributed by atoms with E-state index in [1.165, 1.54) is 0 Å². The molecule has 0 aliphatic carbocycles. The monoisotopic (exact) mass is 264 g/mol. The fourth-order valence-corrected chi connectivity index (χ4v) is 2.39. The summed E-state index contributed by atoms with van der Waals surface area (Å²) in [7, 11) is 0. The number of hydrogen-bond acceptors (Lipinski definition) is 2. The average Bonchev–Trinajstić information content (AvgIpc) is 2.30. The molecular formula is C14H20N2OS. The Kier molecular flexibility index (Phi) is 4.84. The maximum atomic E-state index is 12.4. The lowest BCUT2D eigenvalue weighted by Crippen LogP contribution is -2.45. The smallest absolute Gasteiger partial charge is 0.237 e. The van der Waals surface area contributed by atoms with E-state index in [-0.39, 0.29) is 10.9 Å². The fourth-order valence-electron chi connectivity index (χ4n) is 2.01. The van der Waals surface area contributed by atoms with Gasteiger partial charge in [0.05, 0.1) is 10.4 Å². The quantitative estimate of drug-likeness (QED) is 0.804. The van der Waals surface area contributed by atoms with Crippen LogP contribution < -0.4 is 11.1 Å². The molecule has 1 aromatic rings. The van der Waals surface area contributed by atoms with Gasteiger partial charge in [-0.05, 0) is 37.5 Å². The topological polar surface area (TPSA) is 55.1 Å². The molecule has 1 aromatic carbocycles. The van der Waals surface area contributed by atoms with E-state index in [9.17, 15) is 4.79 Å². The maximum absolute atomic E-state index is 12.4. The first kappa shape index (κ1) is 14.6. The van der Waals surface area contributed by atoms with Crippen molar-refractivity contribution in [1.82, 2.24) is 0 Å². The van der Waals surface area contributed by atoms with Crippen molar-refractivity contribution < 1.29 is 4.79 Å². The van der Waals surface area contributed by atoms with Gasteiger partial charge in [-0.25, -0.2) is 0 Å². The second kappa shape index (κ2) is 5.96. The molecule has 3 N–H and O–H groups in total. The average molecular weight is 264 g/mol. The number of benzene rings is 1. The fraction of sp³-hybridized carbons (Fsp3) is 0.429. The van der Waals surface area contributed by atoms with Crippen molar-refractivity contribution >= 4 is 28.8 Å². The van der Waals surface area contributed by atoms with Crippen LogP contribution in [-0.4, -0.2) is 10.9 Å². The van der Waals surface area contributed by atoms with Gasteiger partial charge in [0.2, 0.25) is 5.91 Å². The van der Waals surface area contributed by atoms with E-state index in [1.54, 1.807) is 0 Å². The third-order valence-corrected chi connectivity index (χ3v) is 3.78. The lowest BCUT2D eigenvalue weighted by atomic mass is 9.81. The van der Waals surface area contributed by atoms with E-state index in [1.807, 2.05) is 45.0 Å². The third-order valence-electron chi connectivity index (χ3n) is 3.39. The summed E-state index contributed by atoms with van der Waals surface area (Å²) in [6.45, 7) is 5.84. The van der Waals surface area contributed by atoms with Gasteiger partial charge < -0.3 is 11.1 Å². The minimum atomic E-state index is -0.751. The number of thiocarbonyl (C=S) groups is 1. The highest BCUT2D eigenvalue weighted by Crippen LogP contribution is 2.29. The van der Waals surface area contributed by atoms with Crippen LogP contribution in [-0.2, 0) is 4.79 Å². The summed E-state index contributed by atoms with van der Waals surface area (Å²) in [6.07, 6.45) is 1.22. The van der Waals surface area contributed by atoms with Crippen molar-refractivity contribution in [2.45, 2.75) is 33.6 Å². The first-order chi connectivity index (χ1) is 8.46. The molecule has 0 bridgehead atoms. The molecule has 0 unspecified atom stereocenters. The second-order valence-corrected chi connectivity index (χ2v) is 4.92. The van der Waals surface area contributed by atoms with Gasteiger partial charge in [0.25, 0.3) is 0 Å². The van der Waals surface area contributed by atoms with Crippen LogP contribution >= 0.6 is 12.2 Å². The Morgan fingerprint density at radius 2 is 2.00 bits per heavy atom. The van der Waals surface area contributed by atoms with Crippen molar-refractivity contribution in [3.63, 3.8) is 0 Å². The Labute approximate surface area is 114 Å². The van der Waals surface area contributed by atoms with Gasteiger partial charge in [-0.1, -0.05) is 38.2 Å². The molecule has 0 aliphatic rings. The zero-order valence-electron chi connectivity index (χ0n) is 11.1. The Morgan fingerprint density at radius 3 is 2.44 bits per heavy atom. The van der Waals surface area contributed by atoms with Crippen molar-refractivity contribution in [3.8, 4) is 0 Å². The number of nitrogens with two attached hydrogens (primary N) is 1. The molecule has 0 radical (unpaired) electrons. The predicted octanol–water partition coefficient (Wildman–Crippen LogP) is 3.03. The molecule has 1 rings (SSSR count). The van der Waals surface area contributed by atoms with E-state index < -0.39 is 5.41 Å². The van der Waals surface area contributed by atoms with Crippen molar-refractivity contribution in [3.05, 3.63) is 29.8 Å². The molecule has 0 aromatic heterocycles. The standard InChI is InChI=1S/C14H20N2OS/c1-4-14(5-2,12(15)18)13(17)16-11-8-6-7-10(3)9-11/h6-9H,4-5H2,1-3H3,(H2,15,18)(H,16,17). The molecular weight excluding hydrogens is 244 g/mol. The van der Waals surface area contributed by atoms with Crippen LogP contribution in [0.1, 0.15) is 32.3 Å². The summed E-state index contributed by atoms with van der Waals surface area (Å²) in [6, 6.07) is 7.68. The van der Waals surface area contributed by atoms with E-state index in [4.69, 9.17) is 18.0 Å². The van der Waals surface area contributed by atoms with E-state index in [0.29, 0.717) is 12.8 Å². The Morgan fingerprint density at radius 1 is 1.39 bits per heavy atom. The molecule has 0 spiro atoms. The minimum Gasteiger partial charge on any atom is -0.392 e. The van der Waals surface area contributed by atoms with Crippen LogP contribution in [0.25, 0.3) is 0 Å². The minimum absolute atomic E-state index is 0.120. The van der Waals surface area contributed by atoms with Crippen molar-refractivity contribution in [2.75, 3.05) is 5.32 Å². The van der Waals surface area contributed by atoms with Crippen LogP contribution in [0.4, 0.5) is 5.69 Å². The number of carbonyl (C=O) groups is 1. The van der Waals surface area contributed by atoms with Crippen molar-refractivity contribution in [2.24, 2.45) is 11.1 Å². The molecule has 18 heavy (non-hydrogen) atoms. The summed E-state index contributed by atoms with van der Waals surface area (Å²) in [4.78, 5) is 12.6. The highest BCUT2D eigenvalue weighted by molar-refractivity contribution is 7.80. The molecule has 0 aliphatic heterocycles. The van der Waals surface area contributed by atoms with Gasteiger partial charge in [-0.2, -0.15) is 0 Å². The van der Waals surface area contributed by atoms with E-state index >= 15 is 0 Å². The van der Waals surface area contributed by atoms with Crippen LogP contribution in [0, 0.1) is 12.3 Å². The summed E-state index contributed by atoms with van der Waals surface area (Å²) in [5, 5.41) is 2.90. The normalized spacial score (nSPS) is 11.1. The highest BCUT2D eigenvalue weighted by atomic mass is 32.1. The van der Waals surface area contributed by atoms with Crippen LogP contribution in [0.5, 0.6) is 0 Å². The molecule has 3 nitrogen and oxygen atoms in total. The third kappa shape index (κ3) is 2.88. The Hall–Kier alpha value is -1.42. The number of aryl methyl sites for hydroxylation is 1. The molecule has 4 heteroatoms. The number of hydrogen-bond donors (Lipinski definition) is 2. The first-order valence-corrected chi connectivity index (χ1v) is 6.55. The zero-order chi connectivity index (χ0) is 13.8. The highest BCUT2D eigenvalue weighted by Gasteiger charge is 2.38. The Balaban J connectivity index is 2.96. The Bertz CT molecular complexity index is 453. The number of anilines is 1. The van der Waals surface area contributed by atoms with Gasteiger partial charge in [-0.15, -0.1) is 0 Å². The van der Waals surface area contributed by atoms with E-state index in [0.717, 1.165) is 11.3 Å². The summed E-state index contributed by atoms with van der Waals surface area (Å²) >= 11 is 5.06. The summed E-state index contributed by atoms with van der Waals surface area (Å²) < 4.78 is 0. The number of carbonyl (C=O) groups excluding carboxylic acids is 1. The molecule has 0 atom stereocenters. The molecule has 0 saturated heterocycles. The molecule has 0 fully saturated rings. The van der Waals surface area contributed by atoms with Gasteiger partial charge >= 0.3 is 0 Å². The van der Waals surface area contributed by atoms with Crippen LogP contribution in [0.2, 0.25) is 0 Å². The predicted molar refractivity (Wildman–Crippen MR) is 79.6 cm³/mol. The van der Waals surface area contributed by atoms with Crippen LogP contribution in [0.15, 0.2) is 24.3 Å². The van der Waals surface area contributed by atoms with Crippen LogP contribution in [0.3, 0.4) is 0 Å². The molecule has 1 amide bonds. The molecule has 98 valence electrons. The lowest BCUT2D eigenvalue weighted by Gasteiger charge is -2.28. The summed E-state index contributed by atoms with van der Waals surface area (Å²) in [5.41, 5.74) is 6.88. The van der Waals surface area contributed by atoms with Gasteiger partial charge in [0.15, 0.2) is 0 Å². The van der Waals surface area contributed by atoms with Gasteiger partial charge in [0.1, 0.15) is 0 Å². The van der Waals surface area contributed by atoms with Crippen molar-refractivity contribution in [1.29, 1.82) is 0 Å².